The van der Waals surface area contributed by atoms with Crippen LogP contribution < -0.4 is 5.32 Å². The van der Waals surface area contributed by atoms with Gasteiger partial charge in [-0.3, -0.25) is 9.59 Å². The summed E-state index contributed by atoms with van der Waals surface area (Å²) in [4.78, 5) is 24.2. The van der Waals surface area contributed by atoms with Crippen LogP contribution in [0.3, 0.4) is 0 Å². The number of hydrogen-bond acceptors (Lipinski definition) is 2. The number of nitrogens with zero attached hydrogens (tertiary/aromatic N) is 1. The minimum Gasteiger partial charge on any atom is -0.347 e. The van der Waals surface area contributed by atoms with E-state index in [4.69, 9.17) is 0 Å². The Hall–Kier alpha value is -2.12. The summed E-state index contributed by atoms with van der Waals surface area (Å²) in [7, 11) is 0. The Labute approximate surface area is 124 Å². The number of amides is 2. The summed E-state index contributed by atoms with van der Waals surface area (Å²) >= 11 is 0. The summed E-state index contributed by atoms with van der Waals surface area (Å²) in [6.07, 6.45) is -4.68. The fraction of sp³-hybridized carbons (Fsp3) is 0.429. The maximum Gasteiger partial charge on any atom is 0.406 e. The van der Waals surface area contributed by atoms with E-state index in [0.717, 1.165) is 6.07 Å². The van der Waals surface area contributed by atoms with Crippen LogP contribution in [0.4, 0.5) is 17.6 Å². The highest BCUT2D eigenvalue weighted by Crippen LogP contribution is 2.21. The molecule has 0 aromatic heterocycles. The van der Waals surface area contributed by atoms with Gasteiger partial charge in [0.2, 0.25) is 5.91 Å². The zero-order valence-electron chi connectivity index (χ0n) is 11.7. The van der Waals surface area contributed by atoms with Crippen LogP contribution in [0.15, 0.2) is 18.2 Å². The SMILES string of the molecule is Cc1ccc(F)cc1C(=O)N[C@H]1CC(=O)N(CC(F)(F)F)C1. The topological polar surface area (TPSA) is 49.4 Å². The van der Waals surface area contributed by atoms with Crippen molar-refractivity contribution in [3.05, 3.63) is 35.1 Å². The van der Waals surface area contributed by atoms with E-state index in [2.05, 4.69) is 5.32 Å². The van der Waals surface area contributed by atoms with Crippen molar-refractivity contribution in [2.24, 2.45) is 0 Å². The monoisotopic (exact) mass is 318 g/mol. The molecule has 0 unspecified atom stereocenters. The average Bonchev–Trinajstić information content (AvgIpc) is 2.70. The van der Waals surface area contributed by atoms with E-state index in [0.29, 0.717) is 10.5 Å². The van der Waals surface area contributed by atoms with E-state index in [9.17, 15) is 27.2 Å². The molecule has 1 saturated heterocycles. The Balaban J connectivity index is 2.01. The molecule has 1 N–H and O–H groups in total. The van der Waals surface area contributed by atoms with Gasteiger partial charge in [-0.05, 0) is 24.6 Å². The van der Waals surface area contributed by atoms with E-state index in [-0.39, 0.29) is 18.5 Å². The van der Waals surface area contributed by atoms with Gasteiger partial charge >= 0.3 is 6.18 Å². The Bertz CT molecular complexity index is 601. The Kier molecular flexibility index (Phi) is 4.39. The lowest BCUT2D eigenvalue weighted by Gasteiger charge is -2.18. The lowest BCUT2D eigenvalue weighted by molar-refractivity contribution is -0.157. The standard InChI is InChI=1S/C14H14F4N2O2/c1-8-2-3-9(15)4-11(8)13(22)19-10-5-12(21)20(6-10)7-14(16,17)18/h2-4,10H,5-7H2,1H3,(H,19,22)/t10-/m0/s1. The third-order valence-electron chi connectivity index (χ3n) is 3.36. The molecule has 120 valence electrons. The first-order chi connectivity index (χ1) is 10.2. The predicted molar refractivity (Wildman–Crippen MR) is 69.6 cm³/mol. The highest BCUT2D eigenvalue weighted by atomic mass is 19.4. The number of alkyl halides is 3. The number of aryl methyl sites for hydroxylation is 1. The van der Waals surface area contributed by atoms with Crippen LogP contribution in [0, 0.1) is 12.7 Å². The number of halogens is 4. The van der Waals surface area contributed by atoms with Crippen molar-refractivity contribution in [2.45, 2.75) is 25.6 Å². The van der Waals surface area contributed by atoms with Gasteiger partial charge < -0.3 is 10.2 Å². The first-order valence-electron chi connectivity index (χ1n) is 6.57. The zero-order valence-corrected chi connectivity index (χ0v) is 11.7. The molecule has 8 heteroatoms. The van der Waals surface area contributed by atoms with Crippen molar-refractivity contribution >= 4 is 11.8 Å². The maximum atomic E-state index is 13.2. The van der Waals surface area contributed by atoms with Crippen molar-refractivity contribution in [3.63, 3.8) is 0 Å². The van der Waals surface area contributed by atoms with Gasteiger partial charge in [0.1, 0.15) is 12.4 Å². The molecule has 0 radical (unpaired) electrons. The number of hydrogen-bond donors (Lipinski definition) is 1. The Morgan fingerprint density at radius 3 is 2.73 bits per heavy atom. The predicted octanol–water partition coefficient (Wildman–Crippen LogP) is 2.03. The molecule has 1 aliphatic heterocycles. The summed E-state index contributed by atoms with van der Waals surface area (Å²) in [5.74, 6) is -1.86. The molecule has 0 aliphatic carbocycles. The molecule has 4 nitrogen and oxygen atoms in total. The van der Waals surface area contributed by atoms with Crippen molar-refractivity contribution in [1.29, 1.82) is 0 Å². The molecule has 1 aromatic rings. The lowest BCUT2D eigenvalue weighted by Crippen LogP contribution is -2.40. The van der Waals surface area contributed by atoms with Gasteiger partial charge in [0, 0.05) is 18.5 Å². The molecular weight excluding hydrogens is 304 g/mol. The number of nitrogens with one attached hydrogen (secondary N) is 1. The van der Waals surface area contributed by atoms with Gasteiger partial charge in [-0.15, -0.1) is 0 Å². The van der Waals surface area contributed by atoms with Crippen LogP contribution in [-0.4, -0.2) is 42.0 Å². The average molecular weight is 318 g/mol. The summed E-state index contributed by atoms with van der Waals surface area (Å²) in [6.45, 7) is 0.0692. The van der Waals surface area contributed by atoms with Gasteiger partial charge in [0.15, 0.2) is 0 Å². The van der Waals surface area contributed by atoms with E-state index >= 15 is 0 Å². The molecule has 0 spiro atoms. The zero-order chi connectivity index (χ0) is 16.5. The second-order valence-corrected chi connectivity index (χ2v) is 5.22. The minimum absolute atomic E-state index is 0.0988. The Morgan fingerprint density at radius 1 is 1.41 bits per heavy atom. The first kappa shape index (κ1) is 16.3. The fourth-order valence-corrected chi connectivity index (χ4v) is 2.34. The summed E-state index contributed by atoms with van der Waals surface area (Å²) in [5.41, 5.74) is 0.636. The van der Waals surface area contributed by atoms with Crippen LogP contribution in [0.2, 0.25) is 0 Å². The number of likely N-dealkylation sites (tertiary alicyclic amines) is 1. The highest BCUT2D eigenvalue weighted by molar-refractivity contribution is 5.96. The highest BCUT2D eigenvalue weighted by Gasteiger charge is 2.38. The van der Waals surface area contributed by atoms with Crippen molar-refractivity contribution in [3.8, 4) is 0 Å². The summed E-state index contributed by atoms with van der Waals surface area (Å²) in [5, 5.41) is 2.47. The van der Waals surface area contributed by atoms with Crippen LogP contribution in [-0.2, 0) is 4.79 Å². The Morgan fingerprint density at radius 2 is 2.09 bits per heavy atom. The molecule has 0 bridgehead atoms. The largest absolute Gasteiger partial charge is 0.406 e. The van der Waals surface area contributed by atoms with Gasteiger partial charge in [-0.1, -0.05) is 6.07 Å². The third kappa shape index (κ3) is 3.96. The second kappa shape index (κ2) is 5.94. The van der Waals surface area contributed by atoms with Gasteiger partial charge in [-0.2, -0.15) is 13.2 Å². The molecule has 22 heavy (non-hydrogen) atoms. The van der Waals surface area contributed by atoms with Gasteiger partial charge in [0.25, 0.3) is 5.91 Å². The van der Waals surface area contributed by atoms with Crippen LogP contribution in [0.5, 0.6) is 0 Å². The summed E-state index contributed by atoms with van der Waals surface area (Å²) < 4.78 is 50.1. The number of rotatable bonds is 3. The van der Waals surface area contributed by atoms with Crippen molar-refractivity contribution < 1.29 is 27.2 Å². The van der Waals surface area contributed by atoms with Crippen molar-refractivity contribution in [2.75, 3.05) is 13.1 Å². The van der Waals surface area contributed by atoms with Gasteiger partial charge in [0.05, 0.1) is 6.04 Å². The molecule has 1 atom stereocenters. The van der Waals surface area contributed by atoms with E-state index in [1.165, 1.54) is 12.1 Å². The van der Waals surface area contributed by atoms with Gasteiger partial charge in [-0.25, -0.2) is 4.39 Å². The molecule has 1 aliphatic rings. The molecule has 1 heterocycles. The molecule has 2 amide bonds. The maximum absolute atomic E-state index is 13.2. The van der Waals surface area contributed by atoms with Crippen LogP contribution in [0.25, 0.3) is 0 Å². The molecular formula is C14H14F4N2O2. The smallest absolute Gasteiger partial charge is 0.347 e. The number of carbonyl (C=O) groups excluding carboxylic acids is 2. The lowest BCUT2D eigenvalue weighted by atomic mass is 10.1. The first-order valence-corrected chi connectivity index (χ1v) is 6.57. The molecule has 1 fully saturated rings. The molecule has 2 rings (SSSR count). The summed E-state index contributed by atoms with van der Waals surface area (Å²) in [6, 6.07) is 2.97. The van der Waals surface area contributed by atoms with E-state index in [1.807, 2.05) is 0 Å². The normalized spacial score (nSPS) is 18.7. The molecule has 0 saturated carbocycles. The van der Waals surface area contributed by atoms with E-state index in [1.54, 1.807) is 6.92 Å². The number of carbonyl (C=O) groups is 2. The third-order valence-corrected chi connectivity index (χ3v) is 3.36. The minimum atomic E-state index is -4.48. The fourth-order valence-electron chi connectivity index (χ4n) is 2.34. The second-order valence-electron chi connectivity index (χ2n) is 5.22. The number of benzene rings is 1. The quantitative estimate of drug-likeness (QED) is 0.867. The van der Waals surface area contributed by atoms with Crippen molar-refractivity contribution in [1.82, 2.24) is 10.2 Å². The van der Waals surface area contributed by atoms with Crippen LogP contribution >= 0.6 is 0 Å². The van der Waals surface area contributed by atoms with E-state index < -0.39 is 36.4 Å². The van der Waals surface area contributed by atoms with Crippen LogP contribution in [0.1, 0.15) is 22.3 Å². The molecule has 1 aromatic carbocycles.